The van der Waals surface area contributed by atoms with Gasteiger partial charge in [0.15, 0.2) is 11.5 Å². The molecular weight excluding hydrogens is 354 g/mol. The summed E-state index contributed by atoms with van der Waals surface area (Å²) in [4.78, 5) is 42.0. The van der Waals surface area contributed by atoms with Crippen molar-refractivity contribution in [3.63, 3.8) is 0 Å². The average molecular weight is 375 g/mol. The third kappa shape index (κ3) is 3.18. The van der Waals surface area contributed by atoms with Gasteiger partial charge in [-0.15, -0.1) is 0 Å². The van der Waals surface area contributed by atoms with Crippen LogP contribution in [0, 0.1) is 0 Å². The molecule has 9 nitrogen and oxygen atoms in total. The van der Waals surface area contributed by atoms with Gasteiger partial charge in [-0.1, -0.05) is 0 Å². The highest BCUT2D eigenvalue weighted by molar-refractivity contribution is 6.22. The lowest BCUT2D eigenvalue weighted by atomic mass is 10.2. The monoisotopic (exact) mass is 375 g/mol. The first-order valence-corrected chi connectivity index (χ1v) is 9.00. The highest BCUT2D eigenvalue weighted by atomic mass is 16.7. The van der Waals surface area contributed by atoms with Crippen molar-refractivity contribution in [3.05, 3.63) is 18.2 Å². The summed E-state index contributed by atoms with van der Waals surface area (Å²) < 4.78 is 15.6. The van der Waals surface area contributed by atoms with E-state index in [1.165, 1.54) is 4.90 Å². The molecule has 144 valence electrons. The predicted molar refractivity (Wildman–Crippen MR) is 93.6 cm³/mol. The fourth-order valence-electron chi connectivity index (χ4n) is 3.63. The van der Waals surface area contributed by atoms with Crippen molar-refractivity contribution in [2.45, 2.75) is 19.4 Å². The van der Waals surface area contributed by atoms with Crippen molar-refractivity contribution in [2.75, 3.05) is 44.5 Å². The Labute approximate surface area is 156 Å². The number of piperazine rings is 1. The van der Waals surface area contributed by atoms with Gasteiger partial charge < -0.3 is 19.1 Å². The molecule has 3 aliphatic rings. The van der Waals surface area contributed by atoms with E-state index in [4.69, 9.17) is 14.2 Å². The molecule has 1 atom stereocenters. The second-order valence-electron chi connectivity index (χ2n) is 6.55. The number of fused-ring (bicyclic) bond motifs is 1. The maximum Gasteiger partial charge on any atom is 0.409 e. The summed E-state index contributed by atoms with van der Waals surface area (Å²) >= 11 is 0. The number of rotatable bonds is 3. The van der Waals surface area contributed by atoms with Gasteiger partial charge in [0.25, 0.3) is 5.91 Å². The number of benzene rings is 1. The SMILES string of the molecule is CCOC(=O)N1CCN(C2CC(=O)N(c3ccc4c(c3)OCO4)C2=O)CC1. The van der Waals surface area contributed by atoms with Crippen LogP contribution in [-0.2, 0) is 14.3 Å². The van der Waals surface area contributed by atoms with Crippen LogP contribution in [-0.4, -0.2) is 73.3 Å². The van der Waals surface area contributed by atoms with E-state index in [1.54, 1.807) is 30.0 Å². The van der Waals surface area contributed by atoms with Gasteiger partial charge in [0.2, 0.25) is 12.7 Å². The summed E-state index contributed by atoms with van der Waals surface area (Å²) in [5, 5.41) is 0. The summed E-state index contributed by atoms with van der Waals surface area (Å²) in [6.07, 6.45) is -0.208. The maximum atomic E-state index is 12.9. The molecule has 0 N–H and O–H groups in total. The molecule has 0 spiro atoms. The van der Waals surface area contributed by atoms with Crippen molar-refractivity contribution >= 4 is 23.6 Å². The fourth-order valence-corrected chi connectivity index (χ4v) is 3.63. The molecule has 3 heterocycles. The highest BCUT2D eigenvalue weighted by Crippen LogP contribution is 2.37. The van der Waals surface area contributed by atoms with Crippen LogP contribution in [0.15, 0.2) is 18.2 Å². The first kappa shape index (κ1) is 17.6. The number of amides is 3. The van der Waals surface area contributed by atoms with Gasteiger partial charge in [0, 0.05) is 32.2 Å². The Kier molecular flexibility index (Phi) is 4.61. The Morgan fingerprint density at radius 3 is 2.63 bits per heavy atom. The zero-order valence-electron chi connectivity index (χ0n) is 15.1. The molecule has 1 aromatic carbocycles. The Bertz CT molecular complexity index is 774. The lowest BCUT2D eigenvalue weighted by Gasteiger charge is -2.36. The Morgan fingerprint density at radius 2 is 1.89 bits per heavy atom. The molecule has 0 bridgehead atoms. The van der Waals surface area contributed by atoms with Crippen molar-refractivity contribution < 1.29 is 28.6 Å². The van der Waals surface area contributed by atoms with E-state index in [0.717, 1.165) is 0 Å². The molecule has 0 aromatic heterocycles. The Morgan fingerprint density at radius 1 is 1.15 bits per heavy atom. The lowest BCUT2D eigenvalue weighted by molar-refractivity contribution is -0.123. The molecule has 0 radical (unpaired) electrons. The standard InChI is InChI=1S/C18H21N3O6/c1-2-25-18(24)20-7-5-19(6-8-20)13-10-16(22)21(17(13)23)12-3-4-14-15(9-12)27-11-26-14/h3-4,9,13H,2,5-8,10-11H2,1H3. The predicted octanol–water partition coefficient (Wildman–Crippen LogP) is 0.821. The van der Waals surface area contributed by atoms with Gasteiger partial charge in [-0.05, 0) is 19.1 Å². The van der Waals surface area contributed by atoms with Gasteiger partial charge in [-0.25, -0.2) is 9.69 Å². The molecule has 1 aromatic rings. The van der Waals surface area contributed by atoms with Crippen molar-refractivity contribution in [1.82, 2.24) is 9.80 Å². The van der Waals surface area contributed by atoms with Crippen LogP contribution in [0.5, 0.6) is 11.5 Å². The summed E-state index contributed by atoms with van der Waals surface area (Å²) in [7, 11) is 0. The van der Waals surface area contributed by atoms with E-state index in [0.29, 0.717) is 50.0 Å². The summed E-state index contributed by atoms with van der Waals surface area (Å²) in [5.74, 6) is 0.643. The molecule has 4 rings (SSSR count). The quantitative estimate of drug-likeness (QED) is 0.723. The largest absolute Gasteiger partial charge is 0.454 e. The smallest absolute Gasteiger partial charge is 0.409 e. The number of ether oxygens (including phenoxy) is 3. The number of hydrogen-bond acceptors (Lipinski definition) is 7. The molecule has 0 aliphatic carbocycles. The normalized spacial score (nSPS) is 22.5. The number of carbonyl (C=O) groups is 3. The van der Waals surface area contributed by atoms with Crippen LogP contribution in [0.25, 0.3) is 0 Å². The van der Waals surface area contributed by atoms with Crippen molar-refractivity contribution in [3.8, 4) is 11.5 Å². The molecule has 0 saturated carbocycles. The Balaban J connectivity index is 1.44. The molecule has 3 aliphatic heterocycles. The average Bonchev–Trinajstić information content (AvgIpc) is 3.25. The second-order valence-corrected chi connectivity index (χ2v) is 6.55. The molecule has 9 heteroatoms. The summed E-state index contributed by atoms with van der Waals surface area (Å²) in [6, 6.07) is 4.53. The zero-order valence-corrected chi connectivity index (χ0v) is 15.1. The van der Waals surface area contributed by atoms with Gasteiger partial charge in [0.05, 0.1) is 24.8 Å². The minimum Gasteiger partial charge on any atom is -0.454 e. The molecule has 2 fully saturated rings. The second kappa shape index (κ2) is 7.07. The molecule has 2 saturated heterocycles. The summed E-state index contributed by atoms with van der Waals surface area (Å²) in [5.41, 5.74) is 0.488. The van der Waals surface area contributed by atoms with E-state index in [-0.39, 0.29) is 31.1 Å². The highest BCUT2D eigenvalue weighted by Gasteiger charge is 2.44. The van der Waals surface area contributed by atoms with Crippen molar-refractivity contribution in [1.29, 1.82) is 0 Å². The van der Waals surface area contributed by atoms with Crippen LogP contribution in [0.4, 0.5) is 10.5 Å². The summed E-state index contributed by atoms with van der Waals surface area (Å²) in [6.45, 7) is 4.23. The van der Waals surface area contributed by atoms with Gasteiger partial charge >= 0.3 is 6.09 Å². The van der Waals surface area contributed by atoms with E-state index < -0.39 is 6.04 Å². The van der Waals surface area contributed by atoms with E-state index in [1.807, 2.05) is 4.90 Å². The van der Waals surface area contributed by atoms with Crippen LogP contribution in [0.3, 0.4) is 0 Å². The molecule has 3 amide bonds. The minimum atomic E-state index is -0.507. The number of anilines is 1. The molecule has 1 unspecified atom stereocenters. The lowest BCUT2D eigenvalue weighted by Crippen LogP contribution is -2.54. The number of imide groups is 1. The topological polar surface area (TPSA) is 88.6 Å². The van der Waals surface area contributed by atoms with E-state index >= 15 is 0 Å². The molecular formula is C18H21N3O6. The van der Waals surface area contributed by atoms with Gasteiger partial charge in [0.1, 0.15) is 0 Å². The van der Waals surface area contributed by atoms with Gasteiger partial charge in [-0.3, -0.25) is 14.5 Å². The van der Waals surface area contributed by atoms with E-state index in [9.17, 15) is 14.4 Å². The first-order valence-electron chi connectivity index (χ1n) is 9.00. The molecule has 27 heavy (non-hydrogen) atoms. The third-order valence-electron chi connectivity index (χ3n) is 5.02. The van der Waals surface area contributed by atoms with Crippen molar-refractivity contribution in [2.24, 2.45) is 0 Å². The number of nitrogens with zero attached hydrogens (tertiary/aromatic N) is 3. The van der Waals surface area contributed by atoms with E-state index in [2.05, 4.69) is 0 Å². The van der Waals surface area contributed by atoms with Crippen LogP contribution < -0.4 is 14.4 Å². The van der Waals surface area contributed by atoms with Crippen LogP contribution >= 0.6 is 0 Å². The zero-order chi connectivity index (χ0) is 19.0. The van der Waals surface area contributed by atoms with Gasteiger partial charge in [-0.2, -0.15) is 0 Å². The first-order chi connectivity index (χ1) is 13.1. The third-order valence-corrected chi connectivity index (χ3v) is 5.02. The van der Waals surface area contributed by atoms with Crippen LogP contribution in [0.1, 0.15) is 13.3 Å². The number of hydrogen-bond donors (Lipinski definition) is 0. The fraction of sp³-hybridized carbons (Fsp3) is 0.500. The number of carbonyl (C=O) groups excluding carboxylic acids is 3. The Hall–Kier alpha value is -2.81. The minimum absolute atomic E-state index is 0.132. The maximum absolute atomic E-state index is 12.9. The van der Waals surface area contributed by atoms with Crippen LogP contribution in [0.2, 0.25) is 0 Å².